The molecule has 0 saturated carbocycles. The normalized spacial score (nSPS) is 12.8. The molecule has 0 spiro atoms. The van der Waals surface area contributed by atoms with Gasteiger partial charge in [-0.2, -0.15) is 5.10 Å². The lowest BCUT2D eigenvalue weighted by Crippen LogP contribution is -2.35. The van der Waals surface area contributed by atoms with Crippen LogP contribution in [0.4, 0.5) is 0 Å². The number of hydrogen-bond donors (Lipinski definition) is 1. The molecule has 2 aromatic carbocycles. The highest BCUT2D eigenvalue weighted by Crippen LogP contribution is 2.25. The zero-order valence-corrected chi connectivity index (χ0v) is 18.7. The van der Waals surface area contributed by atoms with Gasteiger partial charge in [0.2, 0.25) is 11.8 Å². The Bertz CT molecular complexity index is 987. The lowest BCUT2D eigenvalue weighted by atomic mass is 10.0. The highest BCUT2D eigenvalue weighted by Gasteiger charge is 2.23. The van der Waals surface area contributed by atoms with E-state index in [2.05, 4.69) is 31.3 Å². The molecular formula is C22H24BrN5O2. The maximum Gasteiger partial charge on any atom is 0.225 e. The molecule has 0 aliphatic heterocycles. The highest BCUT2D eigenvalue weighted by molar-refractivity contribution is 9.10. The average Bonchev–Trinajstić information content (AvgIpc) is 3.27. The third-order valence-corrected chi connectivity index (χ3v) is 5.59. The molecule has 1 aromatic heterocycles. The number of nitrogens with one attached hydrogen (secondary N) is 1. The molecule has 2 atom stereocenters. The van der Waals surface area contributed by atoms with Crippen LogP contribution >= 0.6 is 15.9 Å². The molecule has 0 aliphatic rings. The molecule has 3 aromatic rings. The summed E-state index contributed by atoms with van der Waals surface area (Å²) in [5.74, 6) is -0.223. The Morgan fingerprint density at radius 1 is 1.10 bits per heavy atom. The third kappa shape index (κ3) is 5.33. The van der Waals surface area contributed by atoms with Crippen LogP contribution < -0.4 is 5.32 Å². The van der Waals surface area contributed by atoms with Crippen molar-refractivity contribution in [3.63, 3.8) is 0 Å². The largest absolute Gasteiger partial charge is 0.349 e. The number of carbonyl (C=O) groups excluding carboxylic acids is 2. The second-order valence-corrected chi connectivity index (χ2v) is 8.04. The summed E-state index contributed by atoms with van der Waals surface area (Å²) in [7, 11) is 1.78. The molecule has 0 fully saturated rings. The Kier molecular flexibility index (Phi) is 6.99. The fourth-order valence-electron chi connectivity index (χ4n) is 3.20. The Balaban J connectivity index is 1.70. The van der Waals surface area contributed by atoms with Gasteiger partial charge in [0, 0.05) is 18.4 Å². The first kappa shape index (κ1) is 21.7. The molecule has 2 unspecified atom stereocenters. The molecule has 1 N–H and O–H groups in total. The van der Waals surface area contributed by atoms with Crippen LogP contribution in [0.5, 0.6) is 0 Å². The Morgan fingerprint density at radius 2 is 1.73 bits per heavy atom. The fourth-order valence-corrected chi connectivity index (χ4v) is 3.46. The van der Waals surface area contributed by atoms with Crippen molar-refractivity contribution in [1.82, 2.24) is 25.0 Å². The van der Waals surface area contributed by atoms with Crippen LogP contribution in [-0.4, -0.2) is 38.5 Å². The van der Waals surface area contributed by atoms with Crippen molar-refractivity contribution in [3.05, 3.63) is 76.8 Å². The number of nitrogens with zero attached hydrogens (tertiary/aromatic N) is 4. The van der Waals surface area contributed by atoms with Gasteiger partial charge in [0.15, 0.2) is 0 Å². The van der Waals surface area contributed by atoms with E-state index in [0.29, 0.717) is 0 Å². The van der Waals surface area contributed by atoms with Crippen molar-refractivity contribution >= 4 is 27.7 Å². The van der Waals surface area contributed by atoms with Crippen LogP contribution in [0.15, 0.2) is 65.7 Å². The summed E-state index contributed by atoms with van der Waals surface area (Å²) in [4.78, 5) is 30.3. The van der Waals surface area contributed by atoms with Gasteiger partial charge >= 0.3 is 0 Å². The molecule has 0 aliphatic carbocycles. The second kappa shape index (κ2) is 9.67. The van der Waals surface area contributed by atoms with Crippen molar-refractivity contribution in [1.29, 1.82) is 0 Å². The van der Waals surface area contributed by atoms with Crippen molar-refractivity contribution in [2.45, 2.75) is 32.4 Å². The second-order valence-electron chi connectivity index (χ2n) is 7.12. The molecule has 2 amide bonds. The molecule has 1 heterocycles. The Morgan fingerprint density at radius 3 is 2.30 bits per heavy atom. The van der Waals surface area contributed by atoms with Gasteiger partial charge in [-0.05, 0) is 42.3 Å². The van der Waals surface area contributed by atoms with Gasteiger partial charge in [-0.1, -0.05) is 40.2 Å². The maximum absolute atomic E-state index is 13.0. The minimum Gasteiger partial charge on any atom is -0.349 e. The predicted molar refractivity (Wildman–Crippen MR) is 118 cm³/mol. The quantitative estimate of drug-likeness (QED) is 0.570. The summed E-state index contributed by atoms with van der Waals surface area (Å²) in [6.45, 7) is 3.44. The first-order chi connectivity index (χ1) is 14.3. The van der Waals surface area contributed by atoms with Crippen molar-refractivity contribution < 1.29 is 9.59 Å². The van der Waals surface area contributed by atoms with Gasteiger partial charge in [-0.25, -0.2) is 9.67 Å². The summed E-state index contributed by atoms with van der Waals surface area (Å²) < 4.78 is 2.62. The van der Waals surface area contributed by atoms with Gasteiger partial charge in [-0.15, -0.1) is 0 Å². The zero-order chi connectivity index (χ0) is 21.7. The molecular weight excluding hydrogens is 446 g/mol. The van der Waals surface area contributed by atoms with Crippen LogP contribution in [0.3, 0.4) is 0 Å². The maximum atomic E-state index is 13.0. The lowest BCUT2D eigenvalue weighted by molar-refractivity contribution is -0.132. The van der Waals surface area contributed by atoms with Crippen molar-refractivity contribution in [3.8, 4) is 5.69 Å². The first-order valence-corrected chi connectivity index (χ1v) is 10.4. The number of amides is 2. The monoisotopic (exact) mass is 469 g/mol. The summed E-state index contributed by atoms with van der Waals surface area (Å²) in [5.41, 5.74) is 2.80. The van der Waals surface area contributed by atoms with E-state index in [1.807, 2.05) is 55.5 Å². The number of carbonyl (C=O) groups is 2. The molecule has 7 nitrogen and oxygen atoms in total. The Labute approximate surface area is 184 Å². The van der Waals surface area contributed by atoms with Gasteiger partial charge in [-0.3, -0.25) is 9.59 Å². The topological polar surface area (TPSA) is 80.1 Å². The van der Waals surface area contributed by atoms with Crippen molar-refractivity contribution in [2.24, 2.45) is 0 Å². The minimum absolute atomic E-state index is 0.0514. The smallest absolute Gasteiger partial charge is 0.225 e. The van der Waals surface area contributed by atoms with E-state index in [1.165, 1.54) is 13.3 Å². The summed E-state index contributed by atoms with van der Waals surface area (Å²) in [6.07, 6.45) is 3.30. The van der Waals surface area contributed by atoms with Crippen LogP contribution in [0.25, 0.3) is 5.69 Å². The molecule has 30 heavy (non-hydrogen) atoms. The summed E-state index contributed by atoms with van der Waals surface area (Å²) in [5, 5.41) is 7.00. The third-order valence-electron chi connectivity index (χ3n) is 5.06. The van der Waals surface area contributed by atoms with Gasteiger partial charge in [0.05, 0.1) is 24.2 Å². The minimum atomic E-state index is -0.382. The first-order valence-electron chi connectivity index (χ1n) is 9.58. The standard InChI is InChI=1S/C22H24BrN5O2/c1-15(17-6-10-20(11-7-17)28-14-24-13-25-28)27(3)22(30)12-21(26-16(2)29)18-4-8-19(23)9-5-18/h4-11,13-15,21H,12H2,1-3H3,(H,26,29). The van der Waals surface area contributed by atoms with E-state index in [0.717, 1.165) is 21.3 Å². The van der Waals surface area contributed by atoms with E-state index in [1.54, 1.807) is 23.0 Å². The average molecular weight is 470 g/mol. The summed E-state index contributed by atoms with van der Waals surface area (Å²) in [6, 6.07) is 15.0. The molecule has 0 bridgehead atoms. The van der Waals surface area contributed by atoms with E-state index in [-0.39, 0.29) is 30.3 Å². The van der Waals surface area contributed by atoms with Crippen LogP contribution in [-0.2, 0) is 9.59 Å². The van der Waals surface area contributed by atoms with Gasteiger partial charge in [0.25, 0.3) is 0 Å². The SMILES string of the molecule is CC(=O)NC(CC(=O)N(C)C(C)c1ccc(-n2cncn2)cc1)c1ccc(Br)cc1. The van der Waals surface area contributed by atoms with Crippen LogP contribution in [0.1, 0.15) is 43.5 Å². The molecule has 156 valence electrons. The Hall–Kier alpha value is -3.00. The van der Waals surface area contributed by atoms with E-state index in [4.69, 9.17) is 0 Å². The lowest BCUT2D eigenvalue weighted by Gasteiger charge is -2.28. The number of halogens is 1. The summed E-state index contributed by atoms with van der Waals surface area (Å²) >= 11 is 3.41. The number of aromatic nitrogens is 3. The van der Waals surface area contributed by atoms with E-state index in [9.17, 15) is 9.59 Å². The van der Waals surface area contributed by atoms with E-state index < -0.39 is 0 Å². The molecule has 8 heteroatoms. The number of benzene rings is 2. The highest BCUT2D eigenvalue weighted by atomic mass is 79.9. The fraction of sp³-hybridized carbons (Fsp3) is 0.273. The molecule has 0 saturated heterocycles. The zero-order valence-electron chi connectivity index (χ0n) is 17.1. The van der Waals surface area contributed by atoms with Crippen LogP contribution in [0, 0.1) is 0 Å². The van der Waals surface area contributed by atoms with E-state index >= 15 is 0 Å². The van der Waals surface area contributed by atoms with Crippen LogP contribution in [0.2, 0.25) is 0 Å². The molecule has 0 radical (unpaired) electrons. The van der Waals surface area contributed by atoms with Gasteiger partial charge < -0.3 is 10.2 Å². The number of rotatable bonds is 7. The predicted octanol–water partition coefficient (Wildman–Crippen LogP) is 3.82. The number of hydrogen-bond acceptors (Lipinski definition) is 4. The van der Waals surface area contributed by atoms with Crippen molar-refractivity contribution in [2.75, 3.05) is 7.05 Å². The molecule has 3 rings (SSSR count). The van der Waals surface area contributed by atoms with Gasteiger partial charge in [0.1, 0.15) is 12.7 Å².